The van der Waals surface area contributed by atoms with Gasteiger partial charge < -0.3 is 0 Å². The molecule has 0 spiro atoms. The Labute approximate surface area is 102 Å². The van der Waals surface area contributed by atoms with Crippen LogP contribution in [0.15, 0.2) is 0 Å². The fourth-order valence-corrected chi connectivity index (χ4v) is 2.68. The van der Waals surface area contributed by atoms with Gasteiger partial charge in [-0.2, -0.15) is 0 Å². The van der Waals surface area contributed by atoms with Crippen molar-refractivity contribution in [3.63, 3.8) is 0 Å². The van der Waals surface area contributed by atoms with Crippen LogP contribution in [0.5, 0.6) is 0 Å². The van der Waals surface area contributed by atoms with Gasteiger partial charge in [0, 0.05) is 12.8 Å². The number of carbonyl (C=O) groups is 3. The summed E-state index contributed by atoms with van der Waals surface area (Å²) in [5, 5.41) is 3.83. The van der Waals surface area contributed by atoms with Crippen LogP contribution in [0.3, 0.4) is 0 Å². The fraction of sp³-hybridized carbons (Fsp3) is 0.545. The minimum atomic E-state index is -1.10. The second-order valence-corrected chi connectivity index (χ2v) is 4.74. The third kappa shape index (κ3) is 2.17. The molecule has 0 aliphatic heterocycles. The van der Waals surface area contributed by atoms with Gasteiger partial charge in [0.2, 0.25) is 0 Å². The Morgan fingerprint density at radius 2 is 2.00 bits per heavy atom. The second-order valence-electron chi connectivity index (χ2n) is 3.99. The van der Waals surface area contributed by atoms with E-state index < -0.39 is 11.7 Å². The first-order valence-corrected chi connectivity index (χ1v) is 6.33. The van der Waals surface area contributed by atoms with E-state index in [1.807, 2.05) is 6.92 Å². The molecule has 1 heterocycles. The van der Waals surface area contributed by atoms with Crippen molar-refractivity contribution in [2.45, 2.75) is 32.6 Å². The molecule has 0 bridgehead atoms. The summed E-state index contributed by atoms with van der Waals surface area (Å²) < 4.78 is 3.71. The average Bonchev–Trinajstić information content (AvgIpc) is 2.76. The van der Waals surface area contributed by atoms with Crippen LogP contribution >= 0.6 is 11.5 Å². The van der Waals surface area contributed by atoms with Crippen molar-refractivity contribution in [2.75, 3.05) is 0 Å². The van der Waals surface area contributed by atoms with Gasteiger partial charge in [0.15, 0.2) is 17.3 Å². The summed E-state index contributed by atoms with van der Waals surface area (Å²) >= 11 is 0.965. The molecule has 1 aromatic heterocycles. The predicted molar refractivity (Wildman–Crippen MR) is 61.0 cm³/mol. The first kappa shape index (κ1) is 12.0. The lowest BCUT2D eigenvalue weighted by Crippen LogP contribution is -2.35. The maximum atomic E-state index is 12.2. The number of carbonyl (C=O) groups excluding carboxylic acids is 3. The quantitative estimate of drug-likeness (QED) is 0.597. The van der Waals surface area contributed by atoms with E-state index in [0.29, 0.717) is 36.3 Å². The normalized spacial score (nSPS) is 17.5. The molecule has 6 heteroatoms. The van der Waals surface area contributed by atoms with Gasteiger partial charge in [0.05, 0.1) is 5.69 Å². The van der Waals surface area contributed by atoms with Gasteiger partial charge in [-0.1, -0.05) is 11.4 Å². The standard InChI is InChI=1S/C11H12N2O3S/c1-2-6-11(17-13-12-6)10(16)9-7(14)4-3-5-8(9)15/h9H,2-5H2,1H3. The molecule has 5 nitrogen and oxygen atoms in total. The van der Waals surface area contributed by atoms with Crippen LogP contribution in [0.25, 0.3) is 0 Å². The van der Waals surface area contributed by atoms with E-state index in [2.05, 4.69) is 9.59 Å². The second kappa shape index (κ2) is 4.83. The van der Waals surface area contributed by atoms with Crippen molar-refractivity contribution in [3.05, 3.63) is 10.6 Å². The van der Waals surface area contributed by atoms with E-state index in [-0.39, 0.29) is 11.6 Å². The summed E-state index contributed by atoms with van der Waals surface area (Å²) in [5.41, 5.74) is 0.575. The highest BCUT2D eigenvalue weighted by Gasteiger charge is 2.38. The van der Waals surface area contributed by atoms with E-state index in [0.717, 1.165) is 11.5 Å². The minimum absolute atomic E-state index is 0.262. The Balaban J connectivity index is 2.30. The molecule has 0 amide bonds. The molecule has 2 rings (SSSR count). The van der Waals surface area contributed by atoms with Gasteiger partial charge in [-0.15, -0.1) is 5.10 Å². The highest BCUT2D eigenvalue weighted by Crippen LogP contribution is 2.24. The van der Waals surface area contributed by atoms with Gasteiger partial charge >= 0.3 is 0 Å². The third-order valence-corrected chi connectivity index (χ3v) is 3.65. The monoisotopic (exact) mass is 252 g/mol. The lowest BCUT2D eigenvalue weighted by Gasteiger charge is -2.17. The highest BCUT2D eigenvalue weighted by molar-refractivity contribution is 7.08. The molecular weight excluding hydrogens is 240 g/mol. The van der Waals surface area contributed by atoms with E-state index >= 15 is 0 Å². The molecule has 17 heavy (non-hydrogen) atoms. The number of rotatable bonds is 3. The van der Waals surface area contributed by atoms with Crippen LogP contribution in [0.1, 0.15) is 41.6 Å². The van der Waals surface area contributed by atoms with Gasteiger partial charge in [-0.3, -0.25) is 14.4 Å². The molecule has 0 unspecified atom stereocenters. The summed E-state index contributed by atoms with van der Waals surface area (Å²) in [6, 6.07) is 0. The summed E-state index contributed by atoms with van der Waals surface area (Å²) in [6.45, 7) is 1.86. The fourth-order valence-electron chi connectivity index (χ4n) is 1.96. The first-order chi connectivity index (χ1) is 8.15. The molecule has 1 aliphatic rings. The number of ketones is 3. The van der Waals surface area contributed by atoms with Crippen molar-refractivity contribution in [1.82, 2.24) is 9.59 Å². The maximum Gasteiger partial charge on any atom is 0.194 e. The van der Waals surface area contributed by atoms with Crippen LogP contribution in [-0.2, 0) is 16.0 Å². The SMILES string of the molecule is CCc1nnsc1C(=O)C1C(=O)CCCC1=O. The zero-order valence-corrected chi connectivity index (χ0v) is 10.2. The van der Waals surface area contributed by atoms with Crippen LogP contribution in [0.4, 0.5) is 0 Å². The highest BCUT2D eigenvalue weighted by atomic mass is 32.1. The van der Waals surface area contributed by atoms with E-state index in [4.69, 9.17) is 0 Å². The Morgan fingerprint density at radius 1 is 1.35 bits per heavy atom. The molecule has 0 atom stereocenters. The van der Waals surface area contributed by atoms with E-state index in [1.54, 1.807) is 0 Å². The number of nitrogens with zero attached hydrogens (tertiary/aromatic N) is 2. The topological polar surface area (TPSA) is 77.0 Å². The summed E-state index contributed by atoms with van der Waals surface area (Å²) in [5.74, 6) is -2.04. The maximum absolute atomic E-state index is 12.2. The van der Waals surface area contributed by atoms with Gasteiger partial charge in [0.1, 0.15) is 10.8 Å². The van der Waals surface area contributed by atoms with Gasteiger partial charge in [-0.25, -0.2) is 0 Å². The van der Waals surface area contributed by atoms with E-state index in [9.17, 15) is 14.4 Å². The van der Waals surface area contributed by atoms with Gasteiger partial charge in [0.25, 0.3) is 0 Å². The summed E-state index contributed by atoms with van der Waals surface area (Å²) in [4.78, 5) is 35.8. The third-order valence-electron chi connectivity index (χ3n) is 2.87. The molecule has 0 N–H and O–H groups in total. The Hall–Kier alpha value is -1.43. The summed E-state index contributed by atoms with van der Waals surface area (Å²) in [7, 11) is 0. The number of hydrogen-bond donors (Lipinski definition) is 0. The molecular formula is C11H12N2O3S. The summed E-state index contributed by atoms with van der Waals surface area (Å²) in [6.07, 6.45) is 1.77. The number of Topliss-reactive ketones (excluding diaryl/α,β-unsaturated/α-hetero) is 3. The van der Waals surface area contributed by atoms with Crippen LogP contribution in [0, 0.1) is 5.92 Å². The van der Waals surface area contributed by atoms with Crippen LogP contribution in [0.2, 0.25) is 0 Å². The Morgan fingerprint density at radius 3 is 2.59 bits per heavy atom. The zero-order chi connectivity index (χ0) is 12.4. The zero-order valence-electron chi connectivity index (χ0n) is 9.43. The van der Waals surface area contributed by atoms with Crippen LogP contribution in [-0.4, -0.2) is 26.9 Å². The molecule has 0 aromatic carbocycles. The average molecular weight is 252 g/mol. The molecule has 0 saturated heterocycles. The van der Waals surface area contributed by atoms with Gasteiger partial charge in [-0.05, 0) is 24.4 Å². The smallest absolute Gasteiger partial charge is 0.194 e. The predicted octanol–water partition coefficient (Wildman–Crippen LogP) is 1.22. The molecule has 1 aromatic rings. The number of aryl methyl sites for hydroxylation is 1. The number of hydrogen-bond acceptors (Lipinski definition) is 6. The lowest BCUT2D eigenvalue weighted by atomic mass is 9.83. The van der Waals surface area contributed by atoms with E-state index in [1.165, 1.54) is 0 Å². The van der Waals surface area contributed by atoms with Crippen LogP contribution < -0.4 is 0 Å². The minimum Gasteiger partial charge on any atom is -0.298 e. The van der Waals surface area contributed by atoms with Crippen molar-refractivity contribution in [3.8, 4) is 0 Å². The lowest BCUT2D eigenvalue weighted by molar-refractivity contribution is -0.133. The number of aromatic nitrogens is 2. The van der Waals surface area contributed by atoms with Crippen molar-refractivity contribution in [1.29, 1.82) is 0 Å². The first-order valence-electron chi connectivity index (χ1n) is 5.56. The van der Waals surface area contributed by atoms with Crippen molar-refractivity contribution in [2.24, 2.45) is 5.92 Å². The Bertz CT molecular complexity index is 465. The largest absolute Gasteiger partial charge is 0.298 e. The molecule has 1 saturated carbocycles. The van der Waals surface area contributed by atoms with Crippen molar-refractivity contribution >= 4 is 28.9 Å². The molecule has 90 valence electrons. The molecule has 0 radical (unpaired) electrons. The van der Waals surface area contributed by atoms with Crippen molar-refractivity contribution < 1.29 is 14.4 Å². The molecule has 1 aliphatic carbocycles. The molecule has 1 fully saturated rings. The Kier molecular flexibility index (Phi) is 3.42.